The second-order valence-corrected chi connectivity index (χ2v) is 4.38. The highest BCUT2D eigenvalue weighted by Crippen LogP contribution is 2.14. The Kier molecular flexibility index (Phi) is 3.33. The molecule has 0 aliphatic rings. The van der Waals surface area contributed by atoms with Crippen molar-refractivity contribution >= 4 is 16.7 Å². The van der Waals surface area contributed by atoms with Gasteiger partial charge < -0.3 is 0 Å². The van der Waals surface area contributed by atoms with Crippen LogP contribution in [0.15, 0.2) is 48.7 Å². The fourth-order valence-electron chi connectivity index (χ4n) is 1.60. The quantitative estimate of drug-likeness (QED) is 0.589. The summed E-state index contributed by atoms with van der Waals surface area (Å²) in [6, 6.07) is 9.43. The number of ketones is 1. The molecular formula is C15H15NO. The second-order valence-electron chi connectivity index (χ2n) is 4.38. The van der Waals surface area contributed by atoms with Crippen molar-refractivity contribution in [2.45, 2.75) is 13.8 Å². The topological polar surface area (TPSA) is 30.0 Å². The smallest absolute Gasteiger partial charge is 0.185 e. The second kappa shape index (κ2) is 4.91. The Hall–Kier alpha value is -1.96. The van der Waals surface area contributed by atoms with Crippen LogP contribution in [0, 0.1) is 5.92 Å². The first-order valence-electron chi connectivity index (χ1n) is 5.74. The van der Waals surface area contributed by atoms with Crippen LogP contribution in [0.25, 0.3) is 10.9 Å². The van der Waals surface area contributed by atoms with Crippen molar-refractivity contribution in [1.29, 1.82) is 0 Å². The number of hydrogen-bond acceptors (Lipinski definition) is 2. The molecule has 0 radical (unpaired) electrons. The van der Waals surface area contributed by atoms with E-state index in [4.69, 9.17) is 0 Å². The normalized spacial score (nSPS) is 11.5. The van der Waals surface area contributed by atoms with E-state index in [9.17, 15) is 4.79 Å². The standard InChI is InChI=1S/C15H15NO/c1-11(2)5-8-15(17)13-6-7-14-12(10-13)4-3-9-16-14/h3-11H,1-2H3/b8-5+. The van der Waals surface area contributed by atoms with Gasteiger partial charge in [0.05, 0.1) is 5.52 Å². The molecule has 17 heavy (non-hydrogen) atoms. The highest BCUT2D eigenvalue weighted by Gasteiger charge is 2.03. The van der Waals surface area contributed by atoms with Crippen LogP contribution in [0.2, 0.25) is 0 Å². The van der Waals surface area contributed by atoms with Crippen LogP contribution >= 0.6 is 0 Å². The average Bonchev–Trinajstić information content (AvgIpc) is 2.35. The van der Waals surface area contributed by atoms with Gasteiger partial charge in [-0.15, -0.1) is 0 Å². The first kappa shape index (κ1) is 11.5. The van der Waals surface area contributed by atoms with Crippen LogP contribution in [0.3, 0.4) is 0 Å². The molecule has 1 aromatic carbocycles. The van der Waals surface area contributed by atoms with E-state index in [-0.39, 0.29) is 5.78 Å². The third-order valence-electron chi connectivity index (χ3n) is 2.52. The van der Waals surface area contributed by atoms with Crippen molar-refractivity contribution in [3.05, 3.63) is 54.2 Å². The van der Waals surface area contributed by atoms with Crippen LogP contribution in [-0.4, -0.2) is 10.8 Å². The molecule has 2 rings (SSSR count). The van der Waals surface area contributed by atoms with Crippen LogP contribution in [-0.2, 0) is 0 Å². The van der Waals surface area contributed by atoms with E-state index in [0.717, 1.165) is 10.9 Å². The number of benzene rings is 1. The summed E-state index contributed by atoms with van der Waals surface area (Å²) < 4.78 is 0. The van der Waals surface area contributed by atoms with E-state index in [1.165, 1.54) is 0 Å². The molecule has 86 valence electrons. The van der Waals surface area contributed by atoms with Gasteiger partial charge in [-0.25, -0.2) is 0 Å². The predicted octanol–water partition coefficient (Wildman–Crippen LogP) is 3.63. The summed E-state index contributed by atoms with van der Waals surface area (Å²) in [7, 11) is 0. The third-order valence-corrected chi connectivity index (χ3v) is 2.52. The molecule has 0 aliphatic heterocycles. The zero-order valence-electron chi connectivity index (χ0n) is 10.1. The lowest BCUT2D eigenvalue weighted by atomic mass is 10.1. The van der Waals surface area contributed by atoms with Gasteiger partial charge >= 0.3 is 0 Å². The number of hydrogen-bond donors (Lipinski definition) is 0. The van der Waals surface area contributed by atoms with Crippen molar-refractivity contribution in [2.24, 2.45) is 5.92 Å². The van der Waals surface area contributed by atoms with Gasteiger partial charge in [-0.05, 0) is 36.3 Å². The van der Waals surface area contributed by atoms with Crippen molar-refractivity contribution < 1.29 is 4.79 Å². The van der Waals surface area contributed by atoms with E-state index in [1.807, 2.05) is 50.3 Å². The number of carbonyl (C=O) groups is 1. The van der Waals surface area contributed by atoms with Gasteiger partial charge in [0.25, 0.3) is 0 Å². The maximum Gasteiger partial charge on any atom is 0.185 e. The van der Waals surface area contributed by atoms with Gasteiger partial charge in [-0.3, -0.25) is 9.78 Å². The van der Waals surface area contributed by atoms with E-state index in [2.05, 4.69) is 4.98 Å². The molecule has 0 amide bonds. The lowest BCUT2D eigenvalue weighted by molar-refractivity contribution is 0.104. The minimum atomic E-state index is 0.0458. The van der Waals surface area contributed by atoms with Gasteiger partial charge in [-0.1, -0.05) is 26.0 Å². The number of allylic oxidation sites excluding steroid dienone is 2. The summed E-state index contributed by atoms with van der Waals surface area (Å²) in [6.45, 7) is 4.10. The Bertz CT molecular complexity index is 570. The van der Waals surface area contributed by atoms with E-state index in [1.54, 1.807) is 12.3 Å². The SMILES string of the molecule is CC(C)/C=C/C(=O)c1ccc2ncccc2c1. The molecular weight excluding hydrogens is 210 g/mol. The van der Waals surface area contributed by atoms with Crippen molar-refractivity contribution in [3.8, 4) is 0 Å². The molecule has 0 unspecified atom stereocenters. The molecule has 0 spiro atoms. The maximum atomic E-state index is 11.9. The van der Waals surface area contributed by atoms with Crippen LogP contribution in [0.1, 0.15) is 24.2 Å². The number of rotatable bonds is 3. The third kappa shape index (κ3) is 2.78. The Labute approximate surface area is 101 Å². The zero-order chi connectivity index (χ0) is 12.3. The minimum Gasteiger partial charge on any atom is -0.289 e. The highest BCUT2D eigenvalue weighted by atomic mass is 16.1. The van der Waals surface area contributed by atoms with Gasteiger partial charge in [0.2, 0.25) is 0 Å². The van der Waals surface area contributed by atoms with Crippen LogP contribution in [0.5, 0.6) is 0 Å². The predicted molar refractivity (Wildman–Crippen MR) is 70.1 cm³/mol. The number of carbonyl (C=O) groups excluding carboxylic acids is 1. The molecule has 0 saturated heterocycles. The fraction of sp³-hybridized carbons (Fsp3) is 0.200. The fourth-order valence-corrected chi connectivity index (χ4v) is 1.60. The molecule has 1 aromatic heterocycles. The summed E-state index contributed by atoms with van der Waals surface area (Å²) >= 11 is 0. The Morgan fingerprint density at radius 2 is 2.12 bits per heavy atom. The molecule has 0 bridgehead atoms. The number of aromatic nitrogens is 1. The van der Waals surface area contributed by atoms with Gasteiger partial charge in [-0.2, -0.15) is 0 Å². The van der Waals surface area contributed by atoms with E-state index < -0.39 is 0 Å². The summed E-state index contributed by atoms with van der Waals surface area (Å²) in [5, 5.41) is 0.997. The number of pyridine rings is 1. The zero-order valence-corrected chi connectivity index (χ0v) is 10.1. The minimum absolute atomic E-state index is 0.0458. The van der Waals surface area contributed by atoms with E-state index >= 15 is 0 Å². The lowest BCUT2D eigenvalue weighted by Crippen LogP contribution is -1.95. The number of nitrogens with zero attached hydrogens (tertiary/aromatic N) is 1. The molecule has 2 nitrogen and oxygen atoms in total. The van der Waals surface area contributed by atoms with Crippen molar-refractivity contribution in [2.75, 3.05) is 0 Å². The van der Waals surface area contributed by atoms with Crippen LogP contribution in [0.4, 0.5) is 0 Å². The molecule has 2 aromatic rings. The molecule has 1 heterocycles. The van der Waals surface area contributed by atoms with Crippen LogP contribution < -0.4 is 0 Å². The maximum absolute atomic E-state index is 11.9. The molecule has 0 N–H and O–H groups in total. The van der Waals surface area contributed by atoms with Crippen molar-refractivity contribution in [3.63, 3.8) is 0 Å². The summed E-state index contributed by atoms with van der Waals surface area (Å²) in [4.78, 5) is 16.1. The van der Waals surface area contributed by atoms with Gasteiger partial charge in [0.1, 0.15) is 0 Å². The monoisotopic (exact) mass is 225 g/mol. The largest absolute Gasteiger partial charge is 0.289 e. The summed E-state index contributed by atoms with van der Waals surface area (Å²) in [5.41, 5.74) is 1.62. The van der Waals surface area contributed by atoms with E-state index in [0.29, 0.717) is 11.5 Å². The lowest BCUT2D eigenvalue weighted by Gasteiger charge is -2.00. The summed E-state index contributed by atoms with van der Waals surface area (Å²) in [5.74, 6) is 0.436. The Balaban J connectivity index is 2.33. The van der Waals surface area contributed by atoms with Gasteiger partial charge in [0.15, 0.2) is 5.78 Å². The first-order valence-corrected chi connectivity index (χ1v) is 5.74. The Morgan fingerprint density at radius 1 is 1.29 bits per heavy atom. The molecule has 0 atom stereocenters. The molecule has 2 heteroatoms. The molecule has 0 saturated carbocycles. The molecule has 0 aliphatic carbocycles. The summed E-state index contributed by atoms with van der Waals surface area (Å²) in [6.07, 6.45) is 5.31. The van der Waals surface area contributed by atoms with Gasteiger partial charge in [0, 0.05) is 17.1 Å². The average molecular weight is 225 g/mol. The highest BCUT2D eigenvalue weighted by molar-refractivity contribution is 6.06. The first-order chi connectivity index (χ1) is 8.16. The Morgan fingerprint density at radius 3 is 2.88 bits per heavy atom. The molecule has 0 fully saturated rings. The van der Waals surface area contributed by atoms with Crippen molar-refractivity contribution in [1.82, 2.24) is 4.98 Å². The number of fused-ring (bicyclic) bond motifs is 1.